The Balaban J connectivity index is 2.09. The van der Waals surface area contributed by atoms with Gasteiger partial charge in [-0.1, -0.05) is 17.7 Å². The molecule has 0 aliphatic heterocycles. The number of rotatable bonds is 3. The third-order valence-electron chi connectivity index (χ3n) is 2.40. The Labute approximate surface area is 132 Å². The summed E-state index contributed by atoms with van der Waals surface area (Å²) in [5.41, 5.74) is 2.02. The van der Waals surface area contributed by atoms with Gasteiger partial charge in [-0.2, -0.15) is 0 Å². The topological polar surface area (TPSA) is 12.0 Å². The van der Waals surface area contributed by atoms with Crippen molar-refractivity contribution in [3.05, 3.63) is 60.8 Å². The lowest BCUT2D eigenvalue weighted by molar-refractivity contribution is 0.620. The first-order valence-electron chi connectivity index (χ1n) is 5.19. The van der Waals surface area contributed by atoms with Gasteiger partial charge in [0.1, 0.15) is 5.82 Å². The lowest BCUT2D eigenvalue weighted by Crippen LogP contribution is -2.01. The minimum absolute atomic E-state index is 0.250. The van der Waals surface area contributed by atoms with Gasteiger partial charge in [-0.15, -0.1) is 0 Å². The molecule has 0 fully saturated rings. The van der Waals surface area contributed by atoms with E-state index < -0.39 is 0 Å². The number of hydrogen-bond donors (Lipinski definition) is 1. The molecule has 94 valence electrons. The van der Waals surface area contributed by atoms with Gasteiger partial charge in [0.25, 0.3) is 0 Å². The Hall–Kier alpha value is -0.330. The van der Waals surface area contributed by atoms with Crippen molar-refractivity contribution in [1.29, 1.82) is 0 Å². The van der Waals surface area contributed by atoms with Gasteiger partial charge in [-0.25, -0.2) is 4.39 Å². The number of hydrogen-bond acceptors (Lipinski definition) is 1. The Morgan fingerprint density at radius 3 is 2.67 bits per heavy atom. The Bertz CT molecular complexity index is 577. The molecule has 0 aromatic heterocycles. The summed E-state index contributed by atoms with van der Waals surface area (Å²) >= 11 is 11.3. The molecule has 2 aromatic rings. The zero-order valence-electron chi connectivity index (χ0n) is 9.18. The maximum absolute atomic E-state index is 13.1. The molecule has 0 saturated heterocycles. The van der Waals surface area contributed by atoms with Crippen LogP contribution in [0.4, 0.5) is 10.1 Å². The zero-order valence-corrected chi connectivity index (χ0v) is 13.7. The van der Waals surface area contributed by atoms with Gasteiger partial charge in [-0.3, -0.25) is 0 Å². The summed E-state index contributed by atoms with van der Waals surface area (Å²) in [5.74, 6) is -0.250. The number of halogens is 4. The van der Waals surface area contributed by atoms with Gasteiger partial charge in [0, 0.05) is 20.8 Å². The lowest BCUT2D eigenvalue weighted by Gasteiger charge is -2.09. The molecule has 0 saturated carbocycles. The Kier molecular flexibility index (Phi) is 4.86. The van der Waals surface area contributed by atoms with E-state index in [1.54, 1.807) is 12.1 Å². The van der Waals surface area contributed by atoms with Crippen LogP contribution in [0.15, 0.2) is 40.9 Å². The molecule has 0 aliphatic rings. The second kappa shape index (κ2) is 6.21. The van der Waals surface area contributed by atoms with Crippen LogP contribution in [0.25, 0.3) is 0 Å². The number of benzene rings is 2. The summed E-state index contributed by atoms with van der Waals surface area (Å²) in [6, 6.07) is 10.6. The van der Waals surface area contributed by atoms with Crippen LogP contribution >= 0.6 is 50.1 Å². The fourth-order valence-corrected chi connectivity index (χ4v) is 2.97. The molecular weight excluding hydrogens is 431 g/mol. The monoisotopic (exact) mass is 439 g/mol. The van der Waals surface area contributed by atoms with Crippen LogP contribution in [0, 0.1) is 9.39 Å². The molecule has 0 atom stereocenters. The molecule has 2 aromatic carbocycles. The van der Waals surface area contributed by atoms with Gasteiger partial charge in [-0.05, 0) is 74.4 Å². The largest absolute Gasteiger partial charge is 0.380 e. The van der Waals surface area contributed by atoms with Crippen LogP contribution in [0.5, 0.6) is 0 Å². The third kappa shape index (κ3) is 3.59. The van der Waals surface area contributed by atoms with E-state index in [1.165, 1.54) is 6.07 Å². The van der Waals surface area contributed by atoms with Gasteiger partial charge < -0.3 is 5.32 Å². The third-order valence-corrected chi connectivity index (χ3v) is 4.13. The van der Waals surface area contributed by atoms with Crippen molar-refractivity contribution >= 4 is 55.8 Å². The van der Waals surface area contributed by atoms with Crippen molar-refractivity contribution in [1.82, 2.24) is 0 Å². The molecule has 0 radical (unpaired) electrons. The van der Waals surface area contributed by atoms with Gasteiger partial charge in [0.2, 0.25) is 0 Å². The van der Waals surface area contributed by atoms with Crippen LogP contribution in [0.2, 0.25) is 5.02 Å². The maximum Gasteiger partial charge on any atom is 0.137 e. The van der Waals surface area contributed by atoms with E-state index in [0.29, 0.717) is 11.0 Å². The predicted molar refractivity (Wildman–Crippen MR) is 85.6 cm³/mol. The normalized spacial score (nSPS) is 10.4. The van der Waals surface area contributed by atoms with Crippen molar-refractivity contribution in [2.45, 2.75) is 6.54 Å². The van der Waals surface area contributed by atoms with E-state index in [4.69, 9.17) is 11.6 Å². The highest BCUT2D eigenvalue weighted by atomic mass is 127. The van der Waals surface area contributed by atoms with Crippen LogP contribution in [0.3, 0.4) is 0 Å². The molecule has 0 unspecified atom stereocenters. The lowest BCUT2D eigenvalue weighted by atomic mass is 10.2. The smallest absolute Gasteiger partial charge is 0.137 e. The van der Waals surface area contributed by atoms with Crippen LogP contribution in [-0.2, 0) is 6.54 Å². The van der Waals surface area contributed by atoms with Crippen molar-refractivity contribution in [2.75, 3.05) is 5.32 Å². The van der Waals surface area contributed by atoms with Crippen molar-refractivity contribution in [3.8, 4) is 0 Å². The van der Waals surface area contributed by atoms with Crippen LogP contribution in [0.1, 0.15) is 5.56 Å². The zero-order chi connectivity index (χ0) is 13.1. The van der Waals surface area contributed by atoms with Crippen molar-refractivity contribution in [2.24, 2.45) is 0 Å². The average molecular weight is 440 g/mol. The molecule has 18 heavy (non-hydrogen) atoms. The highest BCUT2D eigenvalue weighted by Crippen LogP contribution is 2.23. The SMILES string of the molecule is Fc1ccc(CNc2ccc(Cl)cc2I)cc1Br. The first-order chi connectivity index (χ1) is 8.56. The molecule has 0 aliphatic carbocycles. The molecule has 0 spiro atoms. The summed E-state index contributed by atoms with van der Waals surface area (Å²) < 4.78 is 14.6. The van der Waals surface area contributed by atoms with E-state index in [0.717, 1.165) is 19.8 Å². The second-order valence-electron chi connectivity index (χ2n) is 3.73. The molecule has 0 heterocycles. The highest BCUT2D eigenvalue weighted by molar-refractivity contribution is 14.1. The Morgan fingerprint density at radius 2 is 2.00 bits per heavy atom. The molecule has 5 heteroatoms. The molecule has 1 nitrogen and oxygen atoms in total. The highest BCUT2D eigenvalue weighted by Gasteiger charge is 2.03. The predicted octanol–water partition coefficient (Wildman–Crippen LogP) is 5.46. The van der Waals surface area contributed by atoms with E-state index in [2.05, 4.69) is 43.8 Å². The fourth-order valence-electron chi connectivity index (χ4n) is 1.48. The first-order valence-corrected chi connectivity index (χ1v) is 7.44. The van der Waals surface area contributed by atoms with E-state index >= 15 is 0 Å². The number of anilines is 1. The number of nitrogens with one attached hydrogen (secondary N) is 1. The fraction of sp³-hybridized carbons (Fsp3) is 0.0769. The quantitative estimate of drug-likeness (QED) is 0.625. The van der Waals surface area contributed by atoms with E-state index in [9.17, 15) is 4.39 Å². The molecule has 0 bridgehead atoms. The van der Waals surface area contributed by atoms with Gasteiger partial charge in [0.15, 0.2) is 0 Å². The maximum atomic E-state index is 13.1. The van der Waals surface area contributed by atoms with Crippen LogP contribution in [-0.4, -0.2) is 0 Å². The van der Waals surface area contributed by atoms with E-state index in [1.807, 2.05) is 18.2 Å². The molecule has 2 rings (SSSR count). The summed E-state index contributed by atoms with van der Waals surface area (Å²) in [5, 5.41) is 4.01. The average Bonchev–Trinajstić information content (AvgIpc) is 2.32. The van der Waals surface area contributed by atoms with E-state index in [-0.39, 0.29) is 5.82 Å². The second-order valence-corrected chi connectivity index (χ2v) is 6.18. The standard InChI is InChI=1S/C13H9BrClFIN/c14-10-5-8(1-3-11(10)16)7-18-13-4-2-9(15)6-12(13)17/h1-6,18H,7H2. The minimum atomic E-state index is -0.250. The summed E-state index contributed by atoms with van der Waals surface area (Å²) in [4.78, 5) is 0. The van der Waals surface area contributed by atoms with Gasteiger partial charge in [0.05, 0.1) is 4.47 Å². The molecule has 0 amide bonds. The van der Waals surface area contributed by atoms with Gasteiger partial charge >= 0.3 is 0 Å². The molecule has 1 N–H and O–H groups in total. The summed E-state index contributed by atoms with van der Waals surface area (Å²) in [6.07, 6.45) is 0. The molecular formula is C13H9BrClFIN. The summed E-state index contributed by atoms with van der Waals surface area (Å²) in [6.45, 7) is 0.635. The van der Waals surface area contributed by atoms with Crippen molar-refractivity contribution < 1.29 is 4.39 Å². The Morgan fingerprint density at radius 1 is 1.22 bits per heavy atom. The van der Waals surface area contributed by atoms with Crippen LogP contribution < -0.4 is 5.32 Å². The minimum Gasteiger partial charge on any atom is -0.380 e. The first kappa shape index (κ1) is 14.1. The summed E-state index contributed by atoms with van der Waals surface area (Å²) in [7, 11) is 0. The van der Waals surface area contributed by atoms with Crippen molar-refractivity contribution in [3.63, 3.8) is 0 Å².